The highest BCUT2D eigenvalue weighted by molar-refractivity contribution is 7.89. The Bertz CT molecular complexity index is 1130. The predicted octanol–water partition coefficient (Wildman–Crippen LogP) is 3.95. The van der Waals surface area contributed by atoms with Crippen LogP contribution in [0.25, 0.3) is 11.0 Å². The Labute approximate surface area is 174 Å². The Kier molecular flexibility index (Phi) is 5.63. The first-order valence-corrected chi connectivity index (χ1v) is 11.3. The number of carbonyl (C=O) groups excluding carboxylic acids is 1. The second-order valence-corrected chi connectivity index (χ2v) is 9.43. The number of nitrogens with one attached hydrogen (secondary N) is 1. The molecule has 6 nitrogen and oxygen atoms in total. The minimum absolute atomic E-state index is 0.0875. The topological polar surface area (TPSA) is 79.6 Å². The van der Waals surface area contributed by atoms with Crippen LogP contribution in [-0.4, -0.2) is 31.2 Å². The van der Waals surface area contributed by atoms with Crippen molar-refractivity contribution in [3.63, 3.8) is 0 Å². The van der Waals surface area contributed by atoms with Crippen molar-refractivity contribution in [1.29, 1.82) is 0 Å². The summed E-state index contributed by atoms with van der Waals surface area (Å²) in [6.07, 6.45) is 3.68. The number of nitrogens with zero attached hydrogens (tertiary/aromatic N) is 1. The van der Waals surface area contributed by atoms with Gasteiger partial charge in [-0.15, -0.1) is 0 Å². The van der Waals surface area contributed by atoms with E-state index in [0.717, 1.165) is 29.4 Å². The molecule has 1 fully saturated rings. The first kappa shape index (κ1) is 19.9. The van der Waals surface area contributed by atoms with Crippen LogP contribution in [-0.2, 0) is 21.4 Å². The molecule has 2 aromatic carbocycles. The summed E-state index contributed by atoms with van der Waals surface area (Å²) < 4.78 is 33.7. The Morgan fingerprint density at radius 1 is 1.10 bits per heavy atom. The molecule has 8 heteroatoms. The molecule has 4 rings (SSSR count). The van der Waals surface area contributed by atoms with E-state index in [-0.39, 0.29) is 17.3 Å². The Morgan fingerprint density at radius 3 is 2.69 bits per heavy atom. The van der Waals surface area contributed by atoms with Gasteiger partial charge in [-0.3, -0.25) is 4.79 Å². The molecule has 0 aliphatic carbocycles. The lowest BCUT2D eigenvalue weighted by molar-refractivity contribution is -0.124. The maximum Gasteiger partial charge on any atom is 0.244 e. The Hall–Kier alpha value is -2.35. The molecule has 1 N–H and O–H groups in total. The lowest BCUT2D eigenvalue weighted by Gasteiger charge is -2.29. The van der Waals surface area contributed by atoms with Crippen LogP contribution in [0.2, 0.25) is 5.02 Å². The van der Waals surface area contributed by atoms with E-state index in [1.807, 2.05) is 24.3 Å². The molecule has 0 bridgehead atoms. The SMILES string of the molecule is O=C1NCCCC[C@H]1N(Cc1ccc2occc2c1)S(=O)(=O)c1ccc(Cl)cc1. The summed E-state index contributed by atoms with van der Waals surface area (Å²) in [7, 11) is -3.91. The van der Waals surface area contributed by atoms with Crippen molar-refractivity contribution >= 4 is 38.5 Å². The van der Waals surface area contributed by atoms with Gasteiger partial charge >= 0.3 is 0 Å². The smallest absolute Gasteiger partial charge is 0.244 e. The zero-order valence-corrected chi connectivity index (χ0v) is 17.2. The minimum Gasteiger partial charge on any atom is -0.464 e. The number of halogens is 1. The molecule has 1 saturated heterocycles. The standard InChI is InChI=1S/C21H21ClN2O4S/c22-17-5-7-18(8-6-17)29(26,27)24(19-3-1-2-11-23-21(19)25)14-15-4-9-20-16(13-15)10-12-28-20/h4-10,12-13,19H,1-3,11,14H2,(H,23,25)/t19-/m1/s1. The molecular weight excluding hydrogens is 412 g/mol. The van der Waals surface area contributed by atoms with Crippen LogP contribution in [0.3, 0.4) is 0 Å². The average Bonchev–Trinajstić information content (AvgIpc) is 3.07. The summed E-state index contributed by atoms with van der Waals surface area (Å²) in [5.41, 5.74) is 1.52. The molecule has 0 unspecified atom stereocenters. The average molecular weight is 433 g/mol. The quantitative estimate of drug-likeness (QED) is 0.662. The zero-order chi connectivity index (χ0) is 20.4. The fraction of sp³-hybridized carbons (Fsp3) is 0.286. The molecular formula is C21H21ClN2O4S. The molecule has 152 valence electrons. The molecule has 0 spiro atoms. The van der Waals surface area contributed by atoms with Crippen LogP contribution in [0, 0.1) is 0 Å². The number of sulfonamides is 1. The summed E-state index contributed by atoms with van der Waals surface area (Å²) in [6, 6.07) is 12.6. The van der Waals surface area contributed by atoms with Gasteiger partial charge in [-0.25, -0.2) is 8.42 Å². The lowest BCUT2D eigenvalue weighted by Crippen LogP contribution is -2.48. The van der Waals surface area contributed by atoms with E-state index >= 15 is 0 Å². The van der Waals surface area contributed by atoms with E-state index in [1.165, 1.54) is 28.6 Å². The number of amides is 1. The maximum absolute atomic E-state index is 13.5. The number of rotatable bonds is 5. The molecule has 29 heavy (non-hydrogen) atoms. The van der Waals surface area contributed by atoms with Crippen LogP contribution in [0.5, 0.6) is 0 Å². The van der Waals surface area contributed by atoms with Gasteiger partial charge in [0.1, 0.15) is 11.6 Å². The number of fused-ring (bicyclic) bond motifs is 1. The molecule has 1 amide bonds. The van der Waals surface area contributed by atoms with Crippen molar-refractivity contribution in [1.82, 2.24) is 9.62 Å². The van der Waals surface area contributed by atoms with Crippen molar-refractivity contribution in [3.05, 3.63) is 65.4 Å². The summed E-state index contributed by atoms with van der Waals surface area (Å²) >= 11 is 5.93. The molecule has 0 radical (unpaired) electrons. The summed E-state index contributed by atoms with van der Waals surface area (Å²) in [5.74, 6) is -0.260. The van der Waals surface area contributed by atoms with Gasteiger partial charge in [0, 0.05) is 23.5 Å². The molecule has 1 aromatic heterocycles. The first-order chi connectivity index (χ1) is 13.9. The van der Waals surface area contributed by atoms with Crippen LogP contribution in [0.15, 0.2) is 64.1 Å². The third-order valence-electron chi connectivity index (χ3n) is 5.13. The first-order valence-electron chi connectivity index (χ1n) is 9.46. The van der Waals surface area contributed by atoms with Crippen LogP contribution < -0.4 is 5.32 Å². The van der Waals surface area contributed by atoms with Gasteiger partial charge in [-0.05, 0) is 67.3 Å². The van der Waals surface area contributed by atoms with E-state index in [9.17, 15) is 13.2 Å². The number of hydrogen-bond donors (Lipinski definition) is 1. The lowest BCUT2D eigenvalue weighted by atomic mass is 10.1. The highest BCUT2D eigenvalue weighted by Crippen LogP contribution is 2.27. The Morgan fingerprint density at radius 2 is 1.90 bits per heavy atom. The molecule has 3 aromatic rings. The molecule has 0 saturated carbocycles. The summed E-state index contributed by atoms with van der Waals surface area (Å²) in [6.45, 7) is 0.648. The molecule has 1 aliphatic heterocycles. The fourth-order valence-electron chi connectivity index (χ4n) is 3.60. The third kappa shape index (κ3) is 4.17. The van der Waals surface area contributed by atoms with E-state index in [0.29, 0.717) is 18.0 Å². The van der Waals surface area contributed by atoms with Gasteiger partial charge in [-0.1, -0.05) is 17.7 Å². The molecule has 1 atom stereocenters. The number of benzene rings is 2. The normalized spacial score (nSPS) is 18.0. The van der Waals surface area contributed by atoms with Gasteiger partial charge in [0.2, 0.25) is 15.9 Å². The van der Waals surface area contributed by atoms with Crippen molar-refractivity contribution in [2.24, 2.45) is 0 Å². The van der Waals surface area contributed by atoms with Crippen LogP contribution in [0.1, 0.15) is 24.8 Å². The van der Waals surface area contributed by atoms with Gasteiger partial charge in [-0.2, -0.15) is 4.31 Å². The highest BCUT2D eigenvalue weighted by Gasteiger charge is 2.36. The largest absolute Gasteiger partial charge is 0.464 e. The number of carbonyl (C=O) groups is 1. The number of furan rings is 1. The van der Waals surface area contributed by atoms with Gasteiger partial charge in [0.15, 0.2) is 0 Å². The highest BCUT2D eigenvalue weighted by atomic mass is 35.5. The minimum atomic E-state index is -3.91. The monoisotopic (exact) mass is 432 g/mol. The predicted molar refractivity (Wildman–Crippen MR) is 111 cm³/mol. The van der Waals surface area contributed by atoms with Gasteiger partial charge < -0.3 is 9.73 Å². The second kappa shape index (κ2) is 8.18. The van der Waals surface area contributed by atoms with E-state index in [1.54, 1.807) is 6.26 Å². The van der Waals surface area contributed by atoms with Crippen molar-refractivity contribution in [2.45, 2.75) is 36.7 Å². The van der Waals surface area contributed by atoms with Gasteiger partial charge in [0.25, 0.3) is 0 Å². The van der Waals surface area contributed by atoms with E-state index in [2.05, 4.69) is 5.32 Å². The Balaban J connectivity index is 1.75. The van der Waals surface area contributed by atoms with Gasteiger partial charge in [0.05, 0.1) is 11.2 Å². The summed E-state index contributed by atoms with van der Waals surface area (Å²) in [5, 5.41) is 4.18. The molecule has 1 aliphatic rings. The van der Waals surface area contributed by atoms with Crippen molar-refractivity contribution in [3.8, 4) is 0 Å². The maximum atomic E-state index is 13.5. The molecule has 2 heterocycles. The summed E-state index contributed by atoms with van der Waals surface area (Å²) in [4.78, 5) is 12.8. The van der Waals surface area contributed by atoms with E-state index < -0.39 is 16.1 Å². The fourth-order valence-corrected chi connectivity index (χ4v) is 5.33. The number of hydrogen-bond acceptors (Lipinski definition) is 4. The second-order valence-electron chi connectivity index (χ2n) is 7.10. The van der Waals surface area contributed by atoms with Crippen molar-refractivity contribution in [2.75, 3.05) is 6.54 Å². The van der Waals surface area contributed by atoms with Crippen LogP contribution in [0.4, 0.5) is 0 Å². The van der Waals surface area contributed by atoms with E-state index in [4.69, 9.17) is 16.0 Å². The zero-order valence-electron chi connectivity index (χ0n) is 15.7. The van der Waals surface area contributed by atoms with Crippen molar-refractivity contribution < 1.29 is 17.6 Å². The van der Waals surface area contributed by atoms with Crippen LogP contribution >= 0.6 is 11.6 Å². The third-order valence-corrected chi connectivity index (χ3v) is 7.25.